The molecule has 1 aliphatic rings. The molecule has 0 amide bonds. The largest absolute Gasteiger partial charge is 0.388 e. The molecular weight excluding hydrogens is 283 g/mol. The van der Waals surface area contributed by atoms with Crippen molar-refractivity contribution in [2.45, 2.75) is 44.6 Å². The lowest BCUT2D eigenvalue weighted by Crippen LogP contribution is -2.11. The number of benzene rings is 1. The molecule has 0 spiro atoms. The van der Waals surface area contributed by atoms with E-state index in [1.54, 1.807) is 12.1 Å². The molecule has 1 aromatic rings. The highest BCUT2D eigenvalue weighted by molar-refractivity contribution is 9.10. The summed E-state index contributed by atoms with van der Waals surface area (Å²) in [4.78, 5) is 0. The van der Waals surface area contributed by atoms with E-state index in [2.05, 4.69) is 15.9 Å². The summed E-state index contributed by atoms with van der Waals surface area (Å²) < 4.78 is 13.8. The van der Waals surface area contributed by atoms with Crippen LogP contribution >= 0.6 is 15.9 Å². The van der Waals surface area contributed by atoms with Crippen LogP contribution in [0.1, 0.15) is 50.2 Å². The second-order valence-electron chi connectivity index (χ2n) is 4.90. The summed E-state index contributed by atoms with van der Waals surface area (Å²) in [6, 6.07) is 4.85. The van der Waals surface area contributed by atoms with Crippen molar-refractivity contribution in [2.75, 3.05) is 0 Å². The third-order valence-electron chi connectivity index (χ3n) is 3.62. The first-order valence-corrected chi connectivity index (χ1v) is 7.09. The summed E-state index contributed by atoms with van der Waals surface area (Å²) in [7, 11) is 0. The van der Waals surface area contributed by atoms with Crippen LogP contribution in [0.3, 0.4) is 0 Å². The summed E-state index contributed by atoms with van der Waals surface area (Å²) >= 11 is 3.21. The van der Waals surface area contributed by atoms with Crippen LogP contribution in [0.2, 0.25) is 0 Å². The van der Waals surface area contributed by atoms with Crippen LogP contribution in [0.5, 0.6) is 0 Å². The van der Waals surface area contributed by atoms with Gasteiger partial charge in [0.05, 0.1) is 10.6 Å². The Bertz CT molecular complexity index is 374. The first-order chi connectivity index (χ1) is 8.18. The zero-order valence-electron chi connectivity index (χ0n) is 9.83. The zero-order chi connectivity index (χ0) is 12.3. The summed E-state index contributed by atoms with van der Waals surface area (Å²) in [6.45, 7) is 0. The van der Waals surface area contributed by atoms with Gasteiger partial charge in [0.25, 0.3) is 0 Å². The highest BCUT2D eigenvalue weighted by Crippen LogP contribution is 2.34. The summed E-state index contributed by atoms with van der Waals surface area (Å²) in [5, 5.41) is 10.2. The fraction of sp³-hybridized carbons (Fsp3) is 0.571. The Morgan fingerprint density at radius 1 is 1.29 bits per heavy atom. The van der Waals surface area contributed by atoms with Crippen molar-refractivity contribution in [3.8, 4) is 0 Å². The van der Waals surface area contributed by atoms with Gasteiger partial charge < -0.3 is 5.11 Å². The van der Waals surface area contributed by atoms with E-state index in [0.717, 1.165) is 6.42 Å². The predicted octanol–water partition coefficient (Wildman–Crippen LogP) is 4.59. The van der Waals surface area contributed by atoms with E-state index >= 15 is 0 Å². The Kier molecular flexibility index (Phi) is 4.57. The van der Waals surface area contributed by atoms with Crippen molar-refractivity contribution in [3.05, 3.63) is 34.1 Å². The molecule has 1 fully saturated rings. The molecule has 1 nitrogen and oxygen atoms in total. The van der Waals surface area contributed by atoms with Crippen molar-refractivity contribution >= 4 is 15.9 Å². The maximum Gasteiger partial charge on any atom is 0.137 e. The quantitative estimate of drug-likeness (QED) is 0.865. The van der Waals surface area contributed by atoms with E-state index in [4.69, 9.17) is 0 Å². The van der Waals surface area contributed by atoms with E-state index < -0.39 is 6.10 Å². The van der Waals surface area contributed by atoms with Gasteiger partial charge in [0, 0.05) is 0 Å². The average molecular weight is 301 g/mol. The molecule has 0 aromatic heterocycles. The van der Waals surface area contributed by atoms with Crippen molar-refractivity contribution in [2.24, 2.45) is 5.92 Å². The lowest BCUT2D eigenvalue weighted by molar-refractivity contribution is 0.130. The molecule has 94 valence electrons. The monoisotopic (exact) mass is 300 g/mol. The van der Waals surface area contributed by atoms with Crippen LogP contribution < -0.4 is 0 Å². The number of hydrogen-bond acceptors (Lipinski definition) is 1. The van der Waals surface area contributed by atoms with Crippen LogP contribution in [0.4, 0.5) is 4.39 Å². The zero-order valence-corrected chi connectivity index (χ0v) is 11.4. The fourth-order valence-electron chi connectivity index (χ4n) is 2.64. The molecule has 0 bridgehead atoms. The Hall–Kier alpha value is -0.410. The second-order valence-corrected chi connectivity index (χ2v) is 5.69. The van der Waals surface area contributed by atoms with Crippen molar-refractivity contribution in [1.29, 1.82) is 0 Å². The molecule has 0 heterocycles. The Labute approximate surface area is 110 Å². The smallest absolute Gasteiger partial charge is 0.137 e. The van der Waals surface area contributed by atoms with E-state index in [1.807, 2.05) is 0 Å². The van der Waals surface area contributed by atoms with Crippen molar-refractivity contribution < 1.29 is 9.50 Å². The number of halogens is 2. The van der Waals surface area contributed by atoms with Gasteiger partial charge >= 0.3 is 0 Å². The van der Waals surface area contributed by atoms with Gasteiger partial charge in [0.15, 0.2) is 0 Å². The molecule has 2 rings (SSSR count). The average Bonchev–Trinajstić information content (AvgIpc) is 2.34. The normalized spacial score (nSPS) is 19.2. The molecule has 1 aliphatic carbocycles. The minimum atomic E-state index is -0.553. The second kappa shape index (κ2) is 5.96. The lowest BCUT2D eigenvalue weighted by atomic mass is 9.84. The lowest BCUT2D eigenvalue weighted by Gasteiger charge is -2.24. The van der Waals surface area contributed by atoms with Gasteiger partial charge in [0.1, 0.15) is 5.82 Å². The van der Waals surface area contributed by atoms with Gasteiger partial charge in [-0.1, -0.05) is 44.2 Å². The standard InChI is InChI=1S/C14H18BrFO/c15-14-11(7-4-8-12(14)16)13(17)9-10-5-2-1-3-6-10/h4,7-8,10,13,17H,1-3,5-6,9H2. The molecule has 1 N–H and O–H groups in total. The first-order valence-electron chi connectivity index (χ1n) is 6.30. The summed E-state index contributed by atoms with van der Waals surface area (Å²) in [6.07, 6.45) is 6.44. The van der Waals surface area contributed by atoms with Crippen LogP contribution in [0, 0.1) is 11.7 Å². The minimum Gasteiger partial charge on any atom is -0.388 e. The SMILES string of the molecule is OC(CC1CCCCC1)c1cccc(F)c1Br. The Morgan fingerprint density at radius 2 is 2.00 bits per heavy atom. The topological polar surface area (TPSA) is 20.2 Å². The van der Waals surface area contributed by atoms with E-state index in [9.17, 15) is 9.50 Å². The highest BCUT2D eigenvalue weighted by atomic mass is 79.9. The molecule has 1 aromatic carbocycles. The van der Waals surface area contributed by atoms with Gasteiger partial charge in [-0.3, -0.25) is 0 Å². The maximum absolute atomic E-state index is 13.4. The third kappa shape index (κ3) is 3.29. The van der Waals surface area contributed by atoms with Crippen LogP contribution in [0.25, 0.3) is 0 Å². The van der Waals surface area contributed by atoms with E-state index in [1.165, 1.54) is 38.2 Å². The van der Waals surface area contributed by atoms with E-state index in [-0.39, 0.29) is 5.82 Å². The third-order valence-corrected chi connectivity index (χ3v) is 4.46. The molecular formula is C14H18BrFO. The van der Waals surface area contributed by atoms with Gasteiger partial charge in [-0.05, 0) is 39.9 Å². The number of aliphatic hydroxyl groups excluding tert-OH is 1. The van der Waals surface area contributed by atoms with Gasteiger partial charge in [0.2, 0.25) is 0 Å². The molecule has 1 saturated carbocycles. The number of rotatable bonds is 3. The Balaban J connectivity index is 2.03. The van der Waals surface area contributed by atoms with Gasteiger partial charge in [-0.15, -0.1) is 0 Å². The molecule has 17 heavy (non-hydrogen) atoms. The molecule has 3 heteroatoms. The maximum atomic E-state index is 13.4. The van der Waals surface area contributed by atoms with Crippen molar-refractivity contribution in [3.63, 3.8) is 0 Å². The van der Waals surface area contributed by atoms with Crippen molar-refractivity contribution in [1.82, 2.24) is 0 Å². The minimum absolute atomic E-state index is 0.301. The number of hydrogen-bond donors (Lipinski definition) is 1. The molecule has 0 radical (unpaired) electrons. The molecule has 1 unspecified atom stereocenters. The van der Waals surface area contributed by atoms with E-state index in [0.29, 0.717) is 16.0 Å². The predicted molar refractivity (Wildman–Crippen MR) is 70.3 cm³/mol. The fourth-order valence-corrected chi connectivity index (χ4v) is 3.17. The van der Waals surface area contributed by atoms with Crippen LogP contribution in [0.15, 0.2) is 22.7 Å². The highest BCUT2D eigenvalue weighted by Gasteiger charge is 2.20. The van der Waals surface area contributed by atoms with Gasteiger partial charge in [-0.25, -0.2) is 4.39 Å². The number of aliphatic hydroxyl groups is 1. The summed E-state index contributed by atoms with van der Waals surface area (Å²) in [5.41, 5.74) is 0.676. The molecule has 0 aliphatic heterocycles. The van der Waals surface area contributed by atoms with Gasteiger partial charge in [-0.2, -0.15) is 0 Å². The molecule has 0 saturated heterocycles. The summed E-state index contributed by atoms with van der Waals surface area (Å²) in [5.74, 6) is 0.291. The van der Waals surface area contributed by atoms with Crippen LogP contribution in [-0.4, -0.2) is 5.11 Å². The van der Waals surface area contributed by atoms with Crippen LogP contribution in [-0.2, 0) is 0 Å². The Morgan fingerprint density at radius 3 is 2.71 bits per heavy atom. The molecule has 1 atom stereocenters. The first kappa shape index (κ1) is 13.0.